The molecule has 0 aliphatic carbocycles. The van der Waals surface area contributed by atoms with Gasteiger partial charge in [-0.25, -0.2) is 13.9 Å². The summed E-state index contributed by atoms with van der Waals surface area (Å²) in [7, 11) is 1.18. The second kappa shape index (κ2) is 8.05. The summed E-state index contributed by atoms with van der Waals surface area (Å²) in [5.41, 5.74) is 1.48. The highest BCUT2D eigenvalue weighted by molar-refractivity contribution is 6.47. The number of aromatic nitrogens is 2. The van der Waals surface area contributed by atoms with Crippen molar-refractivity contribution in [3.8, 4) is 5.69 Å². The fraction of sp³-hybridized carbons (Fsp3) is 0.143. The highest BCUT2D eigenvalue weighted by Crippen LogP contribution is 2.21. The van der Waals surface area contributed by atoms with Gasteiger partial charge in [0.05, 0.1) is 41.0 Å². The van der Waals surface area contributed by atoms with E-state index in [9.17, 15) is 18.8 Å². The number of amides is 1. The maximum Gasteiger partial charge on any atom is 0.337 e. The number of carbonyl (C=O) groups is 3. The smallest absolute Gasteiger partial charge is 0.337 e. The molecule has 0 atom stereocenters. The molecule has 0 radical (unpaired) electrons. The van der Waals surface area contributed by atoms with Crippen LogP contribution in [-0.4, -0.2) is 34.6 Å². The number of anilines is 1. The first-order valence-electron chi connectivity index (χ1n) is 8.68. The summed E-state index contributed by atoms with van der Waals surface area (Å²) in [6.45, 7) is 3.29. The van der Waals surface area contributed by atoms with Crippen LogP contribution in [0.15, 0.2) is 48.5 Å². The molecule has 0 unspecified atom stereocenters. The number of benzene rings is 2. The normalized spacial score (nSPS) is 10.5. The Morgan fingerprint density at radius 2 is 1.76 bits per heavy atom. The predicted octanol–water partition coefficient (Wildman–Crippen LogP) is 3.24. The number of hydrogen-bond acceptors (Lipinski definition) is 5. The lowest BCUT2D eigenvalue weighted by molar-refractivity contribution is -0.112. The zero-order valence-electron chi connectivity index (χ0n) is 16.0. The fourth-order valence-electron chi connectivity index (χ4n) is 2.95. The molecule has 0 saturated carbocycles. The summed E-state index contributed by atoms with van der Waals surface area (Å²) in [4.78, 5) is 36.8. The van der Waals surface area contributed by atoms with Crippen molar-refractivity contribution in [2.45, 2.75) is 13.8 Å². The van der Waals surface area contributed by atoms with Crippen LogP contribution in [0.3, 0.4) is 0 Å². The first kappa shape index (κ1) is 19.9. The van der Waals surface area contributed by atoms with Crippen molar-refractivity contribution >= 4 is 23.3 Å². The van der Waals surface area contributed by atoms with Crippen molar-refractivity contribution in [3.63, 3.8) is 0 Å². The van der Waals surface area contributed by atoms with Crippen molar-refractivity contribution in [1.29, 1.82) is 0 Å². The second-order valence-electron chi connectivity index (χ2n) is 6.26. The number of para-hydroxylation sites is 1. The molecule has 148 valence electrons. The lowest BCUT2D eigenvalue weighted by Gasteiger charge is -2.08. The molecule has 0 aliphatic heterocycles. The summed E-state index contributed by atoms with van der Waals surface area (Å²) < 4.78 is 20.2. The maximum absolute atomic E-state index is 14.1. The van der Waals surface area contributed by atoms with Crippen LogP contribution >= 0.6 is 0 Å². The topological polar surface area (TPSA) is 90.3 Å². The van der Waals surface area contributed by atoms with E-state index in [1.807, 2.05) is 30.3 Å². The molecule has 3 aromatic rings. The number of ether oxygens (including phenoxy) is 1. The monoisotopic (exact) mass is 395 g/mol. The third-order valence-corrected chi connectivity index (χ3v) is 4.36. The average molecular weight is 395 g/mol. The fourth-order valence-corrected chi connectivity index (χ4v) is 2.95. The largest absolute Gasteiger partial charge is 0.465 e. The number of Topliss-reactive ketones (excluding diaryl/α,β-unsaturated/α-hetero) is 1. The molecule has 3 rings (SSSR count). The van der Waals surface area contributed by atoms with Crippen LogP contribution in [0.2, 0.25) is 0 Å². The lowest BCUT2D eigenvalue weighted by atomic mass is 10.1. The Labute approximate surface area is 166 Å². The minimum Gasteiger partial charge on any atom is -0.465 e. The third kappa shape index (κ3) is 3.91. The molecule has 0 saturated heterocycles. The van der Waals surface area contributed by atoms with Crippen LogP contribution in [0.5, 0.6) is 0 Å². The van der Waals surface area contributed by atoms with Gasteiger partial charge in [-0.15, -0.1) is 0 Å². The molecule has 0 fully saturated rings. The molecule has 0 spiro atoms. The molecular weight excluding hydrogens is 377 g/mol. The van der Waals surface area contributed by atoms with Gasteiger partial charge in [0.1, 0.15) is 5.82 Å². The van der Waals surface area contributed by atoms with Gasteiger partial charge in [0, 0.05) is 0 Å². The maximum atomic E-state index is 14.1. The highest BCUT2D eigenvalue weighted by Gasteiger charge is 2.26. The first-order valence-corrected chi connectivity index (χ1v) is 8.68. The third-order valence-electron chi connectivity index (χ3n) is 4.36. The van der Waals surface area contributed by atoms with Crippen LogP contribution < -0.4 is 5.32 Å². The van der Waals surface area contributed by atoms with Crippen LogP contribution in [0.4, 0.5) is 10.1 Å². The molecule has 1 heterocycles. The van der Waals surface area contributed by atoms with Gasteiger partial charge < -0.3 is 10.1 Å². The number of rotatable bonds is 5. The molecule has 1 amide bonds. The van der Waals surface area contributed by atoms with Crippen LogP contribution in [0, 0.1) is 19.7 Å². The molecular formula is C21H18FN3O4. The lowest BCUT2D eigenvalue weighted by Crippen LogP contribution is -2.24. The zero-order chi connectivity index (χ0) is 21.1. The van der Waals surface area contributed by atoms with Crippen molar-refractivity contribution in [2.24, 2.45) is 0 Å². The predicted molar refractivity (Wildman–Crippen MR) is 104 cm³/mol. The second-order valence-corrected chi connectivity index (χ2v) is 6.26. The number of carbonyl (C=O) groups excluding carboxylic acids is 3. The Morgan fingerprint density at radius 3 is 2.41 bits per heavy atom. The van der Waals surface area contributed by atoms with Gasteiger partial charge in [0.25, 0.3) is 11.7 Å². The molecule has 0 aliphatic rings. The van der Waals surface area contributed by atoms with Gasteiger partial charge in [-0.3, -0.25) is 9.59 Å². The Kier molecular flexibility index (Phi) is 5.54. The standard InChI is InChI=1S/C21H18FN3O4/c1-12-18(13(2)25(24-12)15-7-5-4-6-8-15)19(26)20(27)23-17-11-14(21(28)29-3)9-10-16(17)22/h4-11H,1-3H3,(H,23,27). The van der Waals surface area contributed by atoms with E-state index in [1.165, 1.54) is 13.2 Å². The molecule has 1 aromatic heterocycles. The summed E-state index contributed by atoms with van der Waals surface area (Å²) in [5, 5.41) is 6.56. The number of methoxy groups -OCH3 is 1. The SMILES string of the molecule is COC(=O)c1ccc(F)c(NC(=O)C(=O)c2c(C)nn(-c3ccccc3)c2C)c1. The highest BCUT2D eigenvalue weighted by atomic mass is 19.1. The number of halogens is 1. The summed E-state index contributed by atoms with van der Waals surface area (Å²) in [5.74, 6) is -3.37. The number of aryl methyl sites for hydroxylation is 1. The summed E-state index contributed by atoms with van der Waals surface area (Å²) in [6, 6.07) is 12.5. The zero-order valence-corrected chi connectivity index (χ0v) is 16.0. The molecule has 2 aromatic carbocycles. The van der Waals surface area contributed by atoms with E-state index in [1.54, 1.807) is 18.5 Å². The van der Waals surface area contributed by atoms with Crippen molar-refractivity contribution in [1.82, 2.24) is 9.78 Å². The number of esters is 1. The van der Waals surface area contributed by atoms with Gasteiger partial charge in [-0.05, 0) is 44.2 Å². The van der Waals surface area contributed by atoms with Crippen molar-refractivity contribution in [3.05, 3.63) is 76.9 Å². The average Bonchev–Trinajstić information content (AvgIpc) is 3.03. The van der Waals surface area contributed by atoms with E-state index < -0.39 is 23.5 Å². The molecule has 8 heteroatoms. The molecule has 7 nitrogen and oxygen atoms in total. The quantitative estimate of drug-likeness (QED) is 0.407. The van der Waals surface area contributed by atoms with E-state index in [2.05, 4.69) is 15.2 Å². The Morgan fingerprint density at radius 1 is 1.07 bits per heavy atom. The summed E-state index contributed by atoms with van der Waals surface area (Å²) >= 11 is 0. The Hall–Kier alpha value is -3.81. The van der Waals surface area contributed by atoms with Gasteiger partial charge in [-0.1, -0.05) is 18.2 Å². The summed E-state index contributed by atoms with van der Waals surface area (Å²) in [6.07, 6.45) is 0. The van der Waals surface area contributed by atoms with Crippen LogP contribution in [0.1, 0.15) is 32.1 Å². The Bertz CT molecular complexity index is 1110. The van der Waals surface area contributed by atoms with E-state index >= 15 is 0 Å². The van der Waals surface area contributed by atoms with Crippen molar-refractivity contribution in [2.75, 3.05) is 12.4 Å². The first-order chi connectivity index (χ1) is 13.8. The van der Waals surface area contributed by atoms with E-state index in [0.717, 1.165) is 17.8 Å². The van der Waals surface area contributed by atoms with E-state index in [0.29, 0.717) is 11.4 Å². The molecule has 1 N–H and O–H groups in total. The van der Waals surface area contributed by atoms with Crippen molar-refractivity contribution < 1.29 is 23.5 Å². The molecule has 29 heavy (non-hydrogen) atoms. The van der Waals surface area contributed by atoms with E-state index in [4.69, 9.17) is 0 Å². The van der Waals surface area contributed by atoms with Gasteiger partial charge in [0.2, 0.25) is 0 Å². The van der Waals surface area contributed by atoms with Crippen LogP contribution in [-0.2, 0) is 9.53 Å². The number of hydrogen-bond donors (Lipinski definition) is 1. The number of nitrogens with zero attached hydrogens (tertiary/aromatic N) is 2. The minimum atomic E-state index is -1.04. The van der Waals surface area contributed by atoms with E-state index in [-0.39, 0.29) is 16.8 Å². The Balaban J connectivity index is 1.90. The number of nitrogens with one attached hydrogen (secondary N) is 1. The van der Waals surface area contributed by atoms with Gasteiger partial charge in [0.15, 0.2) is 0 Å². The minimum absolute atomic E-state index is 0.0425. The molecule has 0 bridgehead atoms. The van der Waals surface area contributed by atoms with Crippen LogP contribution in [0.25, 0.3) is 5.69 Å². The number of ketones is 1. The van der Waals surface area contributed by atoms with Gasteiger partial charge in [-0.2, -0.15) is 5.10 Å². The van der Waals surface area contributed by atoms with Gasteiger partial charge >= 0.3 is 5.97 Å².